The van der Waals surface area contributed by atoms with Crippen LogP contribution in [0.15, 0.2) is 24.3 Å². The second-order valence-corrected chi connectivity index (χ2v) is 12.2. The molecule has 1 aliphatic carbocycles. The molecule has 1 saturated heterocycles. The van der Waals surface area contributed by atoms with Crippen LogP contribution in [-0.2, 0) is 4.79 Å². The van der Waals surface area contributed by atoms with Gasteiger partial charge in [-0.2, -0.15) is 15.9 Å². The van der Waals surface area contributed by atoms with Gasteiger partial charge in [-0.05, 0) is 37.5 Å². The molecule has 1 aromatic carbocycles. The van der Waals surface area contributed by atoms with Gasteiger partial charge in [-0.3, -0.25) is 13.9 Å². The molecule has 2 unspecified atom stereocenters. The van der Waals surface area contributed by atoms with Crippen molar-refractivity contribution in [1.82, 2.24) is 10.3 Å². The Morgan fingerprint density at radius 2 is 1.94 bits per heavy atom. The number of rotatable bonds is 5. The van der Waals surface area contributed by atoms with Gasteiger partial charge < -0.3 is 10.2 Å². The summed E-state index contributed by atoms with van der Waals surface area (Å²) in [5.41, 5.74) is 3.18. The number of amides is 1. The number of carbonyl (C=O) groups excluding carboxylic acids is 1. The number of hydrogen-bond acceptors (Lipinski definition) is 7. The highest BCUT2D eigenvalue weighted by Gasteiger charge is 2.35. The van der Waals surface area contributed by atoms with Gasteiger partial charge in [0, 0.05) is 30.6 Å². The van der Waals surface area contributed by atoms with Crippen molar-refractivity contribution in [2.45, 2.75) is 38.5 Å². The van der Waals surface area contributed by atoms with Crippen LogP contribution in [0.5, 0.6) is 0 Å². The van der Waals surface area contributed by atoms with Crippen LogP contribution in [0.25, 0.3) is 10.4 Å². The summed E-state index contributed by atoms with van der Waals surface area (Å²) in [5.74, 6) is 0.714. The van der Waals surface area contributed by atoms with Crippen LogP contribution < -0.4 is 10.2 Å². The van der Waals surface area contributed by atoms with E-state index in [1.165, 1.54) is 0 Å². The van der Waals surface area contributed by atoms with Crippen molar-refractivity contribution in [2.75, 3.05) is 36.0 Å². The van der Waals surface area contributed by atoms with Gasteiger partial charge in [0.15, 0.2) is 0 Å². The molecule has 2 aromatic rings. The number of nitrogens with one attached hydrogen (secondary N) is 1. The monoisotopic (exact) mass is 474 g/mol. The summed E-state index contributed by atoms with van der Waals surface area (Å²) >= 11 is 1.66. The van der Waals surface area contributed by atoms with Crippen molar-refractivity contribution in [1.29, 1.82) is 5.26 Å². The summed E-state index contributed by atoms with van der Waals surface area (Å²) in [5, 5.41) is 12.6. The summed E-state index contributed by atoms with van der Waals surface area (Å²) in [6.45, 7) is 3.34. The second-order valence-electron chi connectivity index (χ2n) is 8.56. The van der Waals surface area contributed by atoms with Crippen molar-refractivity contribution in [3.05, 3.63) is 35.0 Å². The molecule has 4 rings (SSSR count). The first-order valence-electron chi connectivity index (χ1n) is 11.1. The summed E-state index contributed by atoms with van der Waals surface area (Å²) in [7, 11) is -2.41. The second kappa shape index (κ2) is 9.79. The van der Waals surface area contributed by atoms with Crippen LogP contribution >= 0.6 is 21.9 Å². The van der Waals surface area contributed by atoms with E-state index in [1.54, 1.807) is 11.3 Å². The molecule has 1 aromatic heterocycles. The molecule has 2 heterocycles. The van der Waals surface area contributed by atoms with Crippen molar-refractivity contribution in [3.63, 3.8) is 0 Å². The molecular weight excluding hydrogens is 444 g/mol. The standard InChI is InChI=1S/C23H30N4O3S2/c1-16-26-21(19-4-2-3-5-20(19)23(28)25-11-10-24)22(31-16)17-6-8-18(9-7-17)27-12-14-32(29,30)15-13-27/h6-9,19-20,29-30H,2-5,11-15H2,1H3,(H,25,28). The maximum absolute atomic E-state index is 12.7. The summed E-state index contributed by atoms with van der Waals surface area (Å²) in [6.07, 6.45) is 3.86. The molecule has 2 atom stereocenters. The number of nitrogens with zero attached hydrogens (tertiary/aromatic N) is 3. The lowest BCUT2D eigenvalue weighted by molar-refractivity contribution is -0.126. The number of aryl methyl sites for hydroxylation is 1. The number of hydrogen-bond donors (Lipinski definition) is 3. The molecule has 172 valence electrons. The van der Waals surface area contributed by atoms with Crippen molar-refractivity contribution >= 4 is 33.5 Å². The molecule has 2 aliphatic rings. The van der Waals surface area contributed by atoms with E-state index in [2.05, 4.69) is 34.5 Å². The lowest BCUT2D eigenvalue weighted by atomic mass is 9.76. The lowest BCUT2D eigenvalue weighted by Gasteiger charge is -2.41. The predicted molar refractivity (Wildman–Crippen MR) is 130 cm³/mol. The minimum Gasteiger partial charge on any atom is -0.368 e. The lowest BCUT2D eigenvalue weighted by Crippen LogP contribution is -2.38. The molecule has 3 N–H and O–H groups in total. The van der Waals surface area contributed by atoms with Crippen LogP contribution in [0.4, 0.5) is 5.69 Å². The molecule has 1 amide bonds. The maximum atomic E-state index is 12.7. The van der Waals surface area contributed by atoms with Crippen LogP contribution in [0.2, 0.25) is 0 Å². The highest BCUT2D eigenvalue weighted by molar-refractivity contribution is 8.24. The molecule has 2 fully saturated rings. The molecule has 1 aliphatic heterocycles. The Labute approximate surface area is 194 Å². The molecule has 9 heteroatoms. The Kier molecular flexibility index (Phi) is 7.05. The molecule has 32 heavy (non-hydrogen) atoms. The highest BCUT2D eigenvalue weighted by atomic mass is 32.3. The first-order chi connectivity index (χ1) is 15.4. The predicted octanol–water partition coefficient (Wildman–Crippen LogP) is 4.60. The number of anilines is 1. The topological polar surface area (TPSA) is 109 Å². The van der Waals surface area contributed by atoms with Gasteiger partial charge in [0.25, 0.3) is 0 Å². The minimum absolute atomic E-state index is 0.0398. The molecular formula is C23H30N4O3S2. The van der Waals surface area contributed by atoms with Crippen LogP contribution in [-0.4, -0.2) is 51.1 Å². The fourth-order valence-electron chi connectivity index (χ4n) is 4.74. The molecule has 1 saturated carbocycles. The zero-order chi connectivity index (χ0) is 22.7. The summed E-state index contributed by atoms with van der Waals surface area (Å²) in [6, 6.07) is 10.4. The SMILES string of the molecule is Cc1nc(C2CCCCC2C(=O)NCC#N)c(-c2ccc(N3CCS(O)(O)CC3)cc2)s1. The minimum atomic E-state index is -2.41. The zero-order valence-corrected chi connectivity index (χ0v) is 19.9. The molecule has 7 nitrogen and oxygen atoms in total. The van der Waals surface area contributed by atoms with E-state index in [9.17, 15) is 13.9 Å². The number of benzene rings is 1. The van der Waals surface area contributed by atoms with E-state index in [0.29, 0.717) is 24.6 Å². The average molecular weight is 475 g/mol. The van der Waals surface area contributed by atoms with E-state index in [1.807, 2.05) is 13.0 Å². The Balaban J connectivity index is 1.56. The summed E-state index contributed by atoms with van der Waals surface area (Å²) < 4.78 is 19.7. The average Bonchev–Trinajstić information content (AvgIpc) is 3.19. The van der Waals surface area contributed by atoms with Gasteiger partial charge in [0.1, 0.15) is 6.54 Å². The van der Waals surface area contributed by atoms with Gasteiger partial charge in [0.2, 0.25) is 5.91 Å². The van der Waals surface area contributed by atoms with E-state index < -0.39 is 10.6 Å². The van der Waals surface area contributed by atoms with Crippen molar-refractivity contribution < 1.29 is 13.9 Å². The zero-order valence-electron chi connectivity index (χ0n) is 18.3. The van der Waals surface area contributed by atoms with Gasteiger partial charge in [0.05, 0.1) is 33.2 Å². The van der Waals surface area contributed by atoms with Crippen LogP contribution in [0.1, 0.15) is 42.3 Å². The molecule has 0 bridgehead atoms. The third kappa shape index (κ3) is 5.09. The fourth-order valence-corrected chi connectivity index (χ4v) is 6.96. The van der Waals surface area contributed by atoms with E-state index in [-0.39, 0.29) is 24.3 Å². The third-order valence-corrected chi connectivity index (χ3v) is 9.14. The maximum Gasteiger partial charge on any atom is 0.224 e. The Morgan fingerprint density at radius 1 is 1.25 bits per heavy atom. The van der Waals surface area contributed by atoms with E-state index in [0.717, 1.165) is 52.5 Å². The van der Waals surface area contributed by atoms with Crippen molar-refractivity contribution in [3.8, 4) is 16.5 Å². The number of nitriles is 1. The van der Waals surface area contributed by atoms with Crippen molar-refractivity contribution in [2.24, 2.45) is 5.92 Å². The number of carbonyl (C=O) groups is 1. The first kappa shape index (κ1) is 23.1. The first-order valence-corrected chi connectivity index (χ1v) is 13.8. The van der Waals surface area contributed by atoms with Gasteiger partial charge in [-0.15, -0.1) is 11.3 Å². The molecule has 0 spiro atoms. The molecule has 0 radical (unpaired) electrons. The number of aromatic nitrogens is 1. The van der Waals surface area contributed by atoms with Crippen LogP contribution in [0, 0.1) is 24.2 Å². The largest absolute Gasteiger partial charge is 0.368 e. The smallest absolute Gasteiger partial charge is 0.224 e. The quantitative estimate of drug-likeness (QED) is 0.546. The van der Waals surface area contributed by atoms with Gasteiger partial charge >= 0.3 is 0 Å². The van der Waals surface area contributed by atoms with E-state index >= 15 is 0 Å². The third-order valence-electron chi connectivity index (χ3n) is 6.43. The fraction of sp³-hybridized carbons (Fsp3) is 0.522. The van der Waals surface area contributed by atoms with Gasteiger partial charge in [-0.25, -0.2) is 4.98 Å². The Morgan fingerprint density at radius 3 is 2.62 bits per heavy atom. The summed E-state index contributed by atoms with van der Waals surface area (Å²) in [4.78, 5) is 20.9. The normalized spacial score (nSPS) is 23.9. The highest BCUT2D eigenvalue weighted by Crippen LogP contribution is 2.44. The van der Waals surface area contributed by atoms with E-state index in [4.69, 9.17) is 10.2 Å². The Hall–Kier alpha value is -2.12. The van der Waals surface area contributed by atoms with Gasteiger partial charge in [-0.1, -0.05) is 25.0 Å². The Bertz CT molecular complexity index is 990. The van der Waals surface area contributed by atoms with Crippen LogP contribution in [0.3, 0.4) is 0 Å². The number of thiazole rings is 1.